The second kappa shape index (κ2) is 4.53. The van der Waals surface area contributed by atoms with Gasteiger partial charge in [-0.2, -0.15) is 0 Å². The standard InChI is InChI=1S/C13H17NO3/c15-13(12-6-3-8-16-12)14-7-9-17-11-5-2-1-4-10(11)14/h3,6,8,10-11H,1-2,4-5,7,9H2/t10-,11+/m0/s1. The minimum absolute atomic E-state index is 0.00944. The highest BCUT2D eigenvalue weighted by Gasteiger charge is 2.37. The Labute approximate surface area is 101 Å². The maximum atomic E-state index is 12.3. The lowest BCUT2D eigenvalue weighted by Gasteiger charge is -2.43. The number of furan rings is 1. The van der Waals surface area contributed by atoms with Crippen molar-refractivity contribution in [1.29, 1.82) is 0 Å². The van der Waals surface area contributed by atoms with Gasteiger partial charge in [-0.1, -0.05) is 12.8 Å². The predicted octanol–water partition coefficient (Wildman–Crippen LogP) is 2.06. The smallest absolute Gasteiger partial charge is 0.289 e. The lowest BCUT2D eigenvalue weighted by Crippen LogP contribution is -2.54. The topological polar surface area (TPSA) is 42.7 Å². The van der Waals surface area contributed by atoms with Gasteiger partial charge in [-0.15, -0.1) is 0 Å². The summed E-state index contributed by atoms with van der Waals surface area (Å²) in [6, 6.07) is 3.73. The average Bonchev–Trinajstić information content (AvgIpc) is 2.91. The molecule has 0 unspecified atom stereocenters. The van der Waals surface area contributed by atoms with Gasteiger partial charge >= 0.3 is 0 Å². The maximum absolute atomic E-state index is 12.3. The lowest BCUT2D eigenvalue weighted by molar-refractivity contribution is -0.0759. The molecule has 2 atom stereocenters. The van der Waals surface area contributed by atoms with Gasteiger partial charge in [-0.25, -0.2) is 0 Å². The number of ether oxygens (including phenoxy) is 1. The molecule has 0 N–H and O–H groups in total. The molecule has 1 saturated carbocycles. The first kappa shape index (κ1) is 10.8. The van der Waals surface area contributed by atoms with Gasteiger partial charge in [-0.3, -0.25) is 4.79 Å². The molecule has 1 amide bonds. The minimum Gasteiger partial charge on any atom is -0.459 e. The third kappa shape index (κ3) is 1.97. The molecule has 1 aliphatic carbocycles. The van der Waals surface area contributed by atoms with Crippen LogP contribution in [0.1, 0.15) is 36.2 Å². The van der Waals surface area contributed by atoms with E-state index in [1.807, 2.05) is 4.90 Å². The van der Waals surface area contributed by atoms with E-state index in [4.69, 9.17) is 9.15 Å². The summed E-state index contributed by atoms with van der Waals surface area (Å²) in [6.07, 6.45) is 6.31. The van der Waals surface area contributed by atoms with Crippen molar-refractivity contribution >= 4 is 5.91 Å². The number of morpholine rings is 1. The summed E-state index contributed by atoms with van der Waals surface area (Å²) in [5.41, 5.74) is 0. The third-order valence-corrected chi connectivity index (χ3v) is 3.72. The van der Waals surface area contributed by atoms with Gasteiger partial charge in [0.2, 0.25) is 0 Å². The normalized spacial score (nSPS) is 28.8. The first-order valence-corrected chi connectivity index (χ1v) is 6.32. The lowest BCUT2D eigenvalue weighted by atomic mass is 9.90. The molecule has 2 aliphatic rings. The van der Waals surface area contributed by atoms with Crippen LogP contribution in [0.5, 0.6) is 0 Å². The number of amides is 1. The van der Waals surface area contributed by atoms with E-state index in [0.717, 1.165) is 12.8 Å². The molecule has 2 fully saturated rings. The first-order chi connectivity index (χ1) is 8.36. The molecular weight excluding hydrogens is 218 g/mol. The number of hydrogen-bond donors (Lipinski definition) is 0. The molecule has 0 spiro atoms. The van der Waals surface area contributed by atoms with Crippen molar-refractivity contribution in [2.75, 3.05) is 13.2 Å². The van der Waals surface area contributed by atoms with Crippen molar-refractivity contribution in [3.8, 4) is 0 Å². The van der Waals surface area contributed by atoms with Gasteiger partial charge in [0.25, 0.3) is 5.91 Å². The van der Waals surface area contributed by atoms with Gasteiger partial charge in [0.1, 0.15) is 0 Å². The largest absolute Gasteiger partial charge is 0.459 e. The minimum atomic E-state index is 0.00944. The Morgan fingerprint density at radius 1 is 1.35 bits per heavy atom. The van der Waals surface area contributed by atoms with Gasteiger partial charge in [-0.05, 0) is 25.0 Å². The predicted molar refractivity (Wildman–Crippen MR) is 61.7 cm³/mol. The Kier molecular flexibility index (Phi) is 2.89. The zero-order valence-corrected chi connectivity index (χ0v) is 9.80. The molecule has 3 rings (SSSR count). The second-order valence-electron chi connectivity index (χ2n) is 4.74. The third-order valence-electron chi connectivity index (χ3n) is 3.72. The Bertz CT molecular complexity index is 385. The molecule has 0 bridgehead atoms. The molecule has 17 heavy (non-hydrogen) atoms. The van der Waals surface area contributed by atoms with E-state index in [2.05, 4.69) is 0 Å². The van der Waals surface area contributed by atoms with Gasteiger partial charge < -0.3 is 14.1 Å². The van der Waals surface area contributed by atoms with Crippen LogP contribution in [0.2, 0.25) is 0 Å². The van der Waals surface area contributed by atoms with Crippen LogP contribution in [0.15, 0.2) is 22.8 Å². The van der Waals surface area contributed by atoms with Gasteiger partial charge in [0.05, 0.1) is 25.0 Å². The molecule has 1 aromatic rings. The molecule has 0 aromatic carbocycles. The van der Waals surface area contributed by atoms with Gasteiger partial charge in [0.15, 0.2) is 5.76 Å². The van der Waals surface area contributed by atoms with Crippen LogP contribution in [0.25, 0.3) is 0 Å². The first-order valence-electron chi connectivity index (χ1n) is 6.32. The van der Waals surface area contributed by atoms with E-state index in [0.29, 0.717) is 18.9 Å². The van der Waals surface area contributed by atoms with E-state index in [-0.39, 0.29) is 18.1 Å². The Morgan fingerprint density at radius 3 is 3.06 bits per heavy atom. The number of fused-ring (bicyclic) bond motifs is 1. The summed E-state index contributed by atoms with van der Waals surface area (Å²) in [5.74, 6) is 0.450. The maximum Gasteiger partial charge on any atom is 0.289 e. The van der Waals surface area contributed by atoms with Crippen molar-refractivity contribution in [1.82, 2.24) is 4.90 Å². The van der Waals surface area contributed by atoms with Crippen molar-refractivity contribution in [3.05, 3.63) is 24.2 Å². The number of rotatable bonds is 1. The summed E-state index contributed by atoms with van der Waals surface area (Å²) < 4.78 is 11.0. The van der Waals surface area contributed by atoms with E-state index < -0.39 is 0 Å². The monoisotopic (exact) mass is 235 g/mol. The van der Waals surface area contributed by atoms with Crippen LogP contribution in [-0.4, -0.2) is 36.1 Å². The zero-order valence-electron chi connectivity index (χ0n) is 9.80. The molecule has 1 aliphatic heterocycles. The molecule has 2 heterocycles. The summed E-state index contributed by atoms with van der Waals surface area (Å²) >= 11 is 0. The molecule has 4 heteroatoms. The van der Waals surface area contributed by atoms with Crippen molar-refractivity contribution in [2.24, 2.45) is 0 Å². The van der Waals surface area contributed by atoms with Crippen molar-refractivity contribution < 1.29 is 13.9 Å². The molecular formula is C13H17NO3. The summed E-state index contributed by atoms with van der Waals surface area (Å²) in [7, 11) is 0. The van der Waals surface area contributed by atoms with E-state index in [9.17, 15) is 4.79 Å². The summed E-state index contributed by atoms with van der Waals surface area (Å²) in [6.45, 7) is 1.33. The number of carbonyl (C=O) groups is 1. The Hall–Kier alpha value is -1.29. The molecule has 92 valence electrons. The average molecular weight is 235 g/mol. The highest BCUT2D eigenvalue weighted by molar-refractivity contribution is 5.91. The van der Waals surface area contributed by atoms with E-state index in [1.165, 1.54) is 12.8 Å². The Balaban J connectivity index is 1.79. The number of hydrogen-bond acceptors (Lipinski definition) is 3. The number of nitrogens with zero attached hydrogens (tertiary/aromatic N) is 1. The van der Waals surface area contributed by atoms with Crippen LogP contribution < -0.4 is 0 Å². The highest BCUT2D eigenvalue weighted by Crippen LogP contribution is 2.29. The zero-order chi connectivity index (χ0) is 11.7. The van der Waals surface area contributed by atoms with E-state index >= 15 is 0 Å². The van der Waals surface area contributed by atoms with Crippen LogP contribution in [0, 0.1) is 0 Å². The number of carbonyl (C=O) groups excluding carboxylic acids is 1. The Morgan fingerprint density at radius 2 is 2.24 bits per heavy atom. The van der Waals surface area contributed by atoms with Crippen LogP contribution in [0.4, 0.5) is 0 Å². The molecule has 1 saturated heterocycles. The van der Waals surface area contributed by atoms with Crippen LogP contribution >= 0.6 is 0 Å². The molecule has 4 nitrogen and oxygen atoms in total. The molecule has 0 radical (unpaired) electrons. The van der Waals surface area contributed by atoms with Gasteiger partial charge in [0, 0.05) is 6.54 Å². The summed E-state index contributed by atoms with van der Waals surface area (Å²) in [5, 5.41) is 0. The van der Waals surface area contributed by atoms with Crippen LogP contribution in [-0.2, 0) is 4.74 Å². The fourth-order valence-corrected chi connectivity index (χ4v) is 2.89. The van der Waals surface area contributed by atoms with Crippen molar-refractivity contribution in [2.45, 2.75) is 37.8 Å². The van der Waals surface area contributed by atoms with Crippen LogP contribution in [0.3, 0.4) is 0 Å². The fourth-order valence-electron chi connectivity index (χ4n) is 2.89. The molecule has 1 aromatic heterocycles. The highest BCUT2D eigenvalue weighted by atomic mass is 16.5. The van der Waals surface area contributed by atoms with Crippen molar-refractivity contribution in [3.63, 3.8) is 0 Å². The fraction of sp³-hybridized carbons (Fsp3) is 0.615. The SMILES string of the molecule is O=C(c1ccco1)N1CCO[C@@H]2CCCC[C@@H]21. The van der Waals surface area contributed by atoms with E-state index in [1.54, 1.807) is 18.4 Å². The second-order valence-corrected chi connectivity index (χ2v) is 4.74. The summed E-state index contributed by atoms with van der Waals surface area (Å²) in [4.78, 5) is 14.2. The quantitative estimate of drug-likeness (QED) is 0.748.